The highest BCUT2D eigenvalue weighted by Gasteiger charge is 2.25. The highest BCUT2D eigenvalue weighted by Crippen LogP contribution is 2.26. The third kappa shape index (κ3) is 3.31. The van der Waals surface area contributed by atoms with E-state index in [-0.39, 0.29) is 5.92 Å². The summed E-state index contributed by atoms with van der Waals surface area (Å²) in [5.41, 5.74) is 3.17. The summed E-state index contributed by atoms with van der Waals surface area (Å²) < 4.78 is 1.99. The Bertz CT molecular complexity index is 678. The molecule has 0 unspecified atom stereocenters. The molecule has 0 radical (unpaired) electrons. The predicted octanol–water partition coefficient (Wildman–Crippen LogP) is 2.80. The van der Waals surface area contributed by atoms with Crippen molar-refractivity contribution in [2.75, 3.05) is 32.1 Å². The summed E-state index contributed by atoms with van der Waals surface area (Å²) in [5, 5.41) is 9.15. The van der Waals surface area contributed by atoms with Gasteiger partial charge in [0.2, 0.25) is 0 Å². The Morgan fingerprint density at radius 1 is 1.30 bits per heavy atom. The molecule has 0 spiro atoms. The molecule has 1 N–H and O–H groups in total. The molecule has 6 heteroatoms. The first-order valence-corrected chi connectivity index (χ1v) is 7.84. The van der Waals surface area contributed by atoms with Gasteiger partial charge in [0.1, 0.15) is 0 Å². The van der Waals surface area contributed by atoms with Gasteiger partial charge in [0, 0.05) is 50.7 Å². The lowest BCUT2D eigenvalue weighted by molar-refractivity contribution is 0.130. The van der Waals surface area contributed by atoms with Crippen molar-refractivity contribution >= 4 is 11.8 Å². The molecule has 2 aromatic rings. The molecule has 2 heterocycles. The number of carboxylic acid groups (broad SMARTS) is 1. The van der Waals surface area contributed by atoms with Gasteiger partial charge >= 0.3 is 6.09 Å². The summed E-state index contributed by atoms with van der Waals surface area (Å²) in [4.78, 5) is 19.2. The van der Waals surface area contributed by atoms with Crippen molar-refractivity contribution in [2.24, 2.45) is 0 Å². The minimum atomic E-state index is -0.839. The topological polar surface area (TPSA) is 61.6 Å². The Morgan fingerprint density at radius 2 is 2.04 bits per heavy atom. The molecule has 122 valence electrons. The number of benzene rings is 1. The van der Waals surface area contributed by atoms with Gasteiger partial charge in [-0.3, -0.25) is 0 Å². The fourth-order valence-electron chi connectivity index (χ4n) is 3.01. The highest BCUT2D eigenvalue weighted by atomic mass is 16.4. The number of likely N-dealkylation sites (tertiary alicyclic amines) is 1. The van der Waals surface area contributed by atoms with Crippen LogP contribution in [-0.4, -0.2) is 52.8 Å². The van der Waals surface area contributed by atoms with E-state index in [1.54, 1.807) is 6.33 Å². The minimum Gasteiger partial charge on any atom is -0.465 e. The quantitative estimate of drug-likeness (QED) is 0.946. The van der Waals surface area contributed by atoms with Gasteiger partial charge < -0.3 is 19.5 Å². The van der Waals surface area contributed by atoms with Gasteiger partial charge in [-0.05, 0) is 37.1 Å². The number of anilines is 1. The molecule has 0 bridgehead atoms. The van der Waals surface area contributed by atoms with Gasteiger partial charge in [-0.15, -0.1) is 0 Å². The molecular formula is C17H22N4O2. The van der Waals surface area contributed by atoms with E-state index >= 15 is 0 Å². The van der Waals surface area contributed by atoms with Crippen molar-refractivity contribution in [3.63, 3.8) is 0 Å². The standard InChI is InChI=1S/C17H22N4O2/c1-19(2)14-5-7-15(8-6-14)21-11-16(18-12-21)13-4-3-9-20(10-13)17(22)23/h5-8,11-13H,3-4,9-10H2,1-2H3,(H,22,23)/t13-/m0/s1. The van der Waals surface area contributed by atoms with Crippen molar-refractivity contribution < 1.29 is 9.90 Å². The highest BCUT2D eigenvalue weighted by molar-refractivity contribution is 5.65. The Kier molecular flexibility index (Phi) is 4.23. The molecule has 0 saturated carbocycles. The maximum atomic E-state index is 11.1. The molecule has 1 aromatic heterocycles. The van der Waals surface area contributed by atoms with Crippen LogP contribution in [0.2, 0.25) is 0 Å². The van der Waals surface area contributed by atoms with Crippen LogP contribution in [0.15, 0.2) is 36.8 Å². The van der Waals surface area contributed by atoms with Gasteiger partial charge in [0.15, 0.2) is 0 Å². The molecule has 6 nitrogen and oxygen atoms in total. The van der Waals surface area contributed by atoms with Crippen LogP contribution in [0.5, 0.6) is 0 Å². The van der Waals surface area contributed by atoms with Crippen molar-refractivity contribution in [3.05, 3.63) is 42.5 Å². The summed E-state index contributed by atoms with van der Waals surface area (Å²) in [6.45, 7) is 1.16. The van der Waals surface area contributed by atoms with Crippen LogP contribution >= 0.6 is 0 Å². The molecule has 23 heavy (non-hydrogen) atoms. The van der Waals surface area contributed by atoms with E-state index in [0.29, 0.717) is 13.1 Å². The summed E-state index contributed by atoms with van der Waals surface area (Å²) in [7, 11) is 4.03. The van der Waals surface area contributed by atoms with Crippen molar-refractivity contribution in [1.82, 2.24) is 14.5 Å². The third-order valence-electron chi connectivity index (χ3n) is 4.38. The summed E-state index contributed by atoms with van der Waals surface area (Å²) >= 11 is 0. The number of hydrogen-bond donors (Lipinski definition) is 1. The molecular weight excluding hydrogens is 292 g/mol. The average molecular weight is 314 g/mol. The maximum absolute atomic E-state index is 11.1. The summed E-state index contributed by atoms with van der Waals surface area (Å²) in [6, 6.07) is 8.26. The Labute approximate surface area is 136 Å². The summed E-state index contributed by atoms with van der Waals surface area (Å²) in [5.74, 6) is 0.183. The zero-order chi connectivity index (χ0) is 16.4. The van der Waals surface area contributed by atoms with Gasteiger partial charge in [-0.2, -0.15) is 0 Å². The fraction of sp³-hybridized carbons (Fsp3) is 0.412. The monoisotopic (exact) mass is 314 g/mol. The lowest BCUT2D eigenvalue weighted by Gasteiger charge is -2.29. The normalized spacial score (nSPS) is 18.0. The second-order valence-corrected chi connectivity index (χ2v) is 6.18. The van der Waals surface area contributed by atoms with E-state index < -0.39 is 6.09 Å². The Morgan fingerprint density at radius 3 is 2.70 bits per heavy atom. The van der Waals surface area contributed by atoms with Crippen molar-refractivity contribution in [2.45, 2.75) is 18.8 Å². The van der Waals surface area contributed by atoms with Crippen LogP contribution in [0.25, 0.3) is 5.69 Å². The van der Waals surface area contributed by atoms with Crippen LogP contribution in [0, 0.1) is 0 Å². The van der Waals surface area contributed by atoms with E-state index in [9.17, 15) is 4.79 Å². The number of nitrogens with zero attached hydrogens (tertiary/aromatic N) is 4. The lowest BCUT2D eigenvalue weighted by atomic mass is 9.95. The lowest BCUT2D eigenvalue weighted by Crippen LogP contribution is -2.38. The second-order valence-electron chi connectivity index (χ2n) is 6.18. The Hall–Kier alpha value is -2.50. The van der Waals surface area contributed by atoms with E-state index in [0.717, 1.165) is 29.9 Å². The van der Waals surface area contributed by atoms with Crippen LogP contribution in [-0.2, 0) is 0 Å². The van der Waals surface area contributed by atoms with Crippen molar-refractivity contribution in [3.8, 4) is 5.69 Å². The summed E-state index contributed by atoms with van der Waals surface area (Å²) in [6.07, 6.45) is 4.86. The van der Waals surface area contributed by atoms with Gasteiger partial charge in [0.25, 0.3) is 0 Å². The number of carbonyl (C=O) groups is 1. The van der Waals surface area contributed by atoms with Crippen LogP contribution < -0.4 is 4.90 Å². The number of amides is 1. The number of aromatic nitrogens is 2. The molecule has 1 aromatic carbocycles. The average Bonchev–Trinajstić information content (AvgIpc) is 3.05. The fourth-order valence-corrected chi connectivity index (χ4v) is 3.01. The van der Waals surface area contributed by atoms with E-state index in [1.807, 2.05) is 24.9 Å². The third-order valence-corrected chi connectivity index (χ3v) is 4.38. The number of rotatable bonds is 3. The van der Waals surface area contributed by atoms with Crippen molar-refractivity contribution in [1.29, 1.82) is 0 Å². The molecule has 1 amide bonds. The maximum Gasteiger partial charge on any atom is 0.407 e. The number of piperidine rings is 1. The zero-order valence-corrected chi connectivity index (χ0v) is 13.5. The molecule has 1 saturated heterocycles. The first-order valence-electron chi connectivity index (χ1n) is 7.84. The van der Waals surface area contributed by atoms with E-state index in [1.165, 1.54) is 4.90 Å². The Balaban J connectivity index is 1.76. The SMILES string of the molecule is CN(C)c1ccc(-n2cnc([C@H]3CCCN(C(=O)O)C3)c2)cc1. The van der Waals surface area contributed by atoms with Crippen LogP contribution in [0.3, 0.4) is 0 Å². The smallest absolute Gasteiger partial charge is 0.407 e. The molecule has 0 aliphatic carbocycles. The van der Waals surface area contributed by atoms with Gasteiger partial charge in [-0.1, -0.05) is 0 Å². The first kappa shape index (κ1) is 15.4. The molecule has 3 rings (SSSR count). The zero-order valence-electron chi connectivity index (χ0n) is 13.5. The second kappa shape index (κ2) is 6.32. The largest absolute Gasteiger partial charge is 0.465 e. The predicted molar refractivity (Wildman–Crippen MR) is 89.5 cm³/mol. The molecule has 1 atom stereocenters. The van der Waals surface area contributed by atoms with E-state index in [2.05, 4.69) is 34.1 Å². The number of imidazole rings is 1. The van der Waals surface area contributed by atoms with Gasteiger partial charge in [-0.25, -0.2) is 9.78 Å². The van der Waals surface area contributed by atoms with E-state index in [4.69, 9.17) is 5.11 Å². The molecule has 1 aliphatic rings. The number of hydrogen-bond acceptors (Lipinski definition) is 3. The first-order chi connectivity index (χ1) is 11.0. The van der Waals surface area contributed by atoms with Crippen LogP contribution in [0.4, 0.5) is 10.5 Å². The molecule has 1 aliphatic heterocycles. The van der Waals surface area contributed by atoms with Gasteiger partial charge in [0.05, 0.1) is 12.0 Å². The van der Waals surface area contributed by atoms with Crippen LogP contribution in [0.1, 0.15) is 24.5 Å². The molecule has 1 fully saturated rings. The minimum absolute atomic E-state index is 0.183.